The summed E-state index contributed by atoms with van der Waals surface area (Å²) in [7, 11) is 3.38. The van der Waals surface area contributed by atoms with Crippen LogP contribution in [0.1, 0.15) is 28.7 Å². The summed E-state index contributed by atoms with van der Waals surface area (Å²) in [6.45, 7) is 0. The number of benzene rings is 4. The van der Waals surface area contributed by atoms with E-state index < -0.39 is 0 Å². The van der Waals surface area contributed by atoms with Gasteiger partial charge in [-0.3, -0.25) is 0 Å². The third-order valence-corrected chi connectivity index (χ3v) is 5.61. The lowest BCUT2D eigenvalue weighted by Gasteiger charge is -2.12. The predicted molar refractivity (Wildman–Crippen MR) is 138 cm³/mol. The van der Waals surface area contributed by atoms with Gasteiger partial charge in [-0.25, -0.2) is 0 Å². The molecule has 0 atom stereocenters. The third kappa shape index (κ3) is 5.81. The first-order chi connectivity index (χ1) is 16.3. The molecule has 0 aliphatic rings. The maximum absolute atomic E-state index is 5.36. The minimum absolute atomic E-state index is 0.789. The van der Waals surface area contributed by atoms with E-state index in [0.29, 0.717) is 0 Å². The second-order valence-corrected chi connectivity index (χ2v) is 7.73. The van der Waals surface area contributed by atoms with Gasteiger partial charge in [0.25, 0.3) is 0 Å². The number of rotatable bonds is 8. The average Bonchev–Trinajstić information content (AvgIpc) is 2.90. The number of methoxy groups -OCH3 is 2. The summed E-state index contributed by atoms with van der Waals surface area (Å²) in [6, 6.07) is 37.5. The fraction of sp³-hybridized carbons (Fsp3) is 0.0968. The third-order valence-electron chi connectivity index (χ3n) is 5.61. The van der Waals surface area contributed by atoms with Gasteiger partial charge in [-0.2, -0.15) is 0 Å². The first-order valence-electron chi connectivity index (χ1n) is 11.1. The molecule has 0 amide bonds. The largest absolute Gasteiger partial charge is 0.497 e. The van der Waals surface area contributed by atoms with E-state index in [2.05, 4.69) is 97.1 Å². The van der Waals surface area contributed by atoms with Gasteiger partial charge in [0.2, 0.25) is 0 Å². The van der Waals surface area contributed by atoms with Crippen molar-refractivity contribution in [1.29, 1.82) is 0 Å². The van der Waals surface area contributed by atoms with E-state index >= 15 is 0 Å². The average molecular weight is 433 g/mol. The Morgan fingerprint density at radius 3 is 1.55 bits per heavy atom. The maximum Gasteiger partial charge on any atom is 0.118 e. The monoisotopic (exact) mass is 432 g/mol. The summed E-state index contributed by atoms with van der Waals surface area (Å²) in [5.74, 6) is 1.71. The van der Waals surface area contributed by atoms with E-state index in [1.54, 1.807) is 14.2 Å². The van der Waals surface area contributed by atoms with Gasteiger partial charge in [-0.1, -0.05) is 97.1 Å². The summed E-state index contributed by atoms with van der Waals surface area (Å²) < 4.78 is 10.7. The molecule has 4 rings (SSSR count). The Balaban J connectivity index is 1.75. The molecule has 2 nitrogen and oxygen atoms in total. The van der Waals surface area contributed by atoms with E-state index in [1.165, 1.54) is 27.8 Å². The molecule has 33 heavy (non-hydrogen) atoms. The van der Waals surface area contributed by atoms with Gasteiger partial charge in [0.1, 0.15) is 11.5 Å². The molecule has 0 radical (unpaired) electrons. The minimum atomic E-state index is 0.789. The Morgan fingerprint density at radius 2 is 1.06 bits per heavy atom. The molecule has 4 aromatic rings. The highest BCUT2D eigenvalue weighted by Gasteiger charge is 2.07. The molecule has 0 aromatic heterocycles. The van der Waals surface area contributed by atoms with Gasteiger partial charge >= 0.3 is 0 Å². The first-order valence-corrected chi connectivity index (χ1v) is 11.1. The van der Waals surface area contributed by atoms with E-state index in [-0.39, 0.29) is 0 Å². The zero-order chi connectivity index (χ0) is 22.9. The lowest BCUT2D eigenvalue weighted by Crippen LogP contribution is -1.91. The van der Waals surface area contributed by atoms with Crippen LogP contribution < -0.4 is 9.47 Å². The summed E-state index contributed by atoms with van der Waals surface area (Å²) in [5, 5.41) is 0. The number of hydrogen-bond donors (Lipinski definition) is 0. The normalized spacial score (nSPS) is 11.0. The Hall–Kier alpha value is -4.04. The molecule has 0 unspecified atom stereocenters. The van der Waals surface area contributed by atoms with Crippen LogP contribution in [0.3, 0.4) is 0 Å². The fourth-order valence-corrected chi connectivity index (χ4v) is 3.82. The van der Waals surface area contributed by atoms with Gasteiger partial charge < -0.3 is 9.47 Å². The molecule has 2 heteroatoms. The lowest BCUT2D eigenvalue weighted by molar-refractivity contribution is 0.414. The van der Waals surface area contributed by atoms with Crippen LogP contribution in [-0.2, 0) is 0 Å². The van der Waals surface area contributed by atoms with E-state index in [0.717, 1.165) is 23.5 Å². The molecular formula is C31H28O2. The summed E-state index contributed by atoms with van der Waals surface area (Å²) in [6.07, 6.45) is 5.35. The second kappa shape index (κ2) is 11.0. The molecular weight excluding hydrogens is 404 g/mol. The smallest absolute Gasteiger partial charge is 0.118 e. The summed E-state index contributed by atoms with van der Waals surface area (Å²) in [5.41, 5.74) is 7.18. The summed E-state index contributed by atoms with van der Waals surface area (Å²) in [4.78, 5) is 0. The number of allylic oxidation sites excluding steroid dienone is 2. The zero-order valence-corrected chi connectivity index (χ0v) is 19.1. The highest BCUT2D eigenvalue weighted by atomic mass is 16.5. The molecule has 164 valence electrons. The Bertz CT molecular complexity index is 1160. The van der Waals surface area contributed by atoms with Gasteiger partial charge in [0, 0.05) is 0 Å². The molecule has 0 heterocycles. The Morgan fingerprint density at radius 1 is 0.576 bits per heavy atom. The van der Waals surface area contributed by atoms with E-state index in [9.17, 15) is 0 Å². The minimum Gasteiger partial charge on any atom is -0.497 e. The van der Waals surface area contributed by atoms with Crippen molar-refractivity contribution in [3.8, 4) is 11.5 Å². The molecule has 4 aromatic carbocycles. The van der Waals surface area contributed by atoms with Gasteiger partial charge in [0.15, 0.2) is 0 Å². The van der Waals surface area contributed by atoms with Crippen molar-refractivity contribution in [2.45, 2.75) is 6.42 Å². The maximum atomic E-state index is 5.36. The van der Waals surface area contributed by atoms with Crippen LogP contribution in [0.15, 0.2) is 115 Å². The van der Waals surface area contributed by atoms with Crippen molar-refractivity contribution >= 4 is 17.2 Å². The lowest BCUT2D eigenvalue weighted by atomic mass is 9.93. The van der Waals surface area contributed by atoms with E-state index in [4.69, 9.17) is 9.47 Å². The van der Waals surface area contributed by atoms with Crippen LogP contribution in [-0.4, -0.2) is 14.2 Å². The van der Waals surface area contributed by atoms with Crippen LogP contribution in [0.2, 0.25) is 0 Å². The first kappa shape index (κ1) is 22.2. The Labute approximate surface area is 196 Å². The topological polar surface area (TPSA) is 18.5 Å². The SMILES string of the molecule is COc1ccc(/C=C(/CC=C(c2ccccc2)c2ccccc2)c2ccc(OC)cc2)cc1. The predicted octanol–water partition coefficient (Wildman–Crippen LogP) is 7.77. The van der Waals surface area contributed by atoms with E-state index in [1.807, 2.05) is 24.3 Å². The molecule has 0 fully saturated rings. The highest BCUT2D eigenvalue weighted by molar-refractivity contribution is 5.86. The van der Waals surface area contributed by atoms with Crippen molar-refractivity contribution in [1.82, 2.24) is 0 Å². The molecule has 0 aliphatic heterocycles. The van der Waals surface area contributed by atoms with Crippen molar-refractivity contribution < 1.29 is 9.47 Å². The molecule has 0 aliphatic carbocycles. The standard InChI is InChI=1S/C31H28O2/c1-32-29-18-13-24(14-19-29)23-28(25-15-20-30(33-2)21-16-25)17-22-31(26-9-5-3-6-10-26)27-11-7-4-8-12-27/h3-16,18-23H,17H2,1-2H3/b28-23-. The number of ether oxygens (including phenoxy) is 2. The molecule has 0 saturated heterocycles. The fourth-order valence-electron chi connectivity index (χ4n) is 3.82. The van der Waals surface area contributed by atoms with Gasteiger partial charge in [-0.05, 0) is 64.1 Å². The molecule has 0 spiro atoms. The molecule has 0 bridgehead atoms. The second-order valence-electron chi connectivity index (χ2n) is 7.73. The van der Waals surface area contributed by atoms with Crippen LogP contribution in [0.4, 0.5) is 0 Å². The van der Waals surface area contributed by atoms with Gasteiger partial charge in [0.05, 0.1) is 14.2 Å². The van der Waals surface area contributed by atoms with Crippen LogP contribution in [0, 0.1) is 0 Å². The quantitative estimate of drug-likeness (QED) is 0.265. The molecule has 0 N–H and O–H groups in total. The van der Waals surface area contributed by atoms with Crippen molar-refractivity contribution in [3.05, 3.63) is 138 Å². The molecule has 0 saturated carbocycles. The van der Waals surface area contributed by atoms with Crippen molar-refractivity contribution in [2.24, 2.45) is 0 Å². The summed E-state index contributed by atoms with van der Waals surface area (Å²) >= 11 is 0. The highest BCUT2D eigenvalue weighted by Crippen LogP contribution is 2.29. The van der Waals surface area contributed by atoms with Crippen molar-refractivity contribution in [3.63, 3.8) is 0 Å². The van der Waals surface area contributed by atoms with Crippen LogP contribution in [0.5, 0.6) is 11.5 Å². The van der Waals surface area contributed by atoms with Gasteiger partial charge in [-0.15, -0.1) is 0 Å². The zero-order valence-electron chi connectivity index (χ0n) is 19.1. The number of hydrogen-bond acceptors (Lipinski definition) is 2. The van der Waals surface area contributed by atoms with Crippen LogP contribution in [0.25, 0.3) is 17.2 Å². The van der Waals surface area contributed by atoms with Crippen molar-refractivity contribution in [2.75, 3.05) is 14.2 Å². The van der Waals surface area contributed by atoms with Crippen LogP contribution >= 0.6 is 0 Å². The Kier molecular flexibility index (Phi) is 7.40.